The number of nitrogens with zero attached hydrogens (tertiary/aromatic N) is 2. The summed E-state index contributed by atoms with van der Waals surface area (Å²) in [6, 6.07) is 0. The molecule has 0 radical (unpaired) electrons. The maximum Gasteiger partial charge on any atom is 0.226 e. The molecule has 4 heteroatoms. The van der Waals surface area contributed by atoms with Crippen molar-refractivity contribution in [2.24, 2.45) is 11.7 Å². The lowest BCUT2D eigenvalue weighted by Gasteiger charge is -2.16. The van der Waals surface area contributed by atoms with Crippen molar-refractivity contribution < 1.29 is 4.52 Å². The van der Waals surface area contributed by atoms with Gasteiger partial charge < -0.3 is 10.3 Å². The first-order valence-electron chi connectivity index (χ1n) is 5.24. The number of aromatic nitrogens is 2. The van der Waals surface area contributed by atoms with Crippen LogP contribution < -0.4 is 5.73 Å². The van der Waals surface area contributed by atoms with Gasteiger partial charge in [0.2, 0.25) is 5.89 Å². The van der Waals surface area contributed by atoms with Crippen LogP contribution in [0.3, 0.4) is 0 Å². The van der Waals surface area contributed by atoms with Gasteiger partial charge in [0, 0.05) is 6.42 Å². The third-order valence-corrected chi connectivity index (χ3v) is 2.87. The van der Waals surface area contributed by atoms with E-state index in [1.807, 2.05) is 13.8 Å². The van der Waals surface area contributed by atoms with Crippen molar-refractivity contribution in [3.05, 3.63) is 11.7 Å². The van der Waals surface area contributed by atoms with E-state index < -0.39 is 5.54 Å². The van der Waals surface area contributed by atoms with Crippen LogP contribution in [0.25, 0.3) is 0 Å². The lowest BCUT2D eigenvalue weighted by Crippen LogP contribution is -2.33. The Morgan fingerprint density at radius 3 is 2.86 bits per heavy atom. The Labute approximate surface area is 83.9 Å². The van der Waals surface area contributed by atoms with Crippen LogP contribution in [0.5, 0.6) is 0 Å². The highest BCUT2D eigenvalue weighted by molar-refractivity contribution is 5.01. The number of rotatable bonds is 4. The normalized spacial score (nSPS) is 20.8. The highest BCUT2D eigenvalue weighted by Crippen LogP contribution is 2.32. The van der Waals surface area contributed by atoms with Gasteiger partial charge >= 0.3 is 0 Å². The Kier molecular flexibility index (Phi) is 2.31. The lowest BCUT2D eigenvalue weighted by atomic mass is 10.0. The Morgan fingerprint density at radius 2 is 2.29 bits per heavy atom. The summed E-state index contributed by atoms with van der Waals surface area (Å²) >= 11 is 0. The first-order valence-corrected chi connectivity index (χ1v) is 5.24. The third-order valence-electron chi connectivity index (χ3n) is 2.87. The van der Waals surface area contributed by atoms with Crippen molar-refractivity contribution in [3.63, 3.8) is 0 Å². The molecule has 1 aliphatic carbocycles. The summed E-state index contributed by atoms with van der Waals surface area (Å²) in [6.45, 7) is 3.95. The first-order chi connectivity index (χ1) is 6.62. The summed E-state index contributed by atoms with van der Waals surface area (Å²) in [7, 11) is 0. The Morgan fingerprint density at radius 1 is 1.57 bits per heavy atom. The molecule has 78 valence electrons. The van der Waals surface area contributed by atoms with Crippen LogP contribution in [0.4, 0.5) is 0 Å². The van der Waals surface area contributed by atoms with Crippen LogP contribution in [-0.4, -0.2) is 10.1 Å². The van der Waals surface area contributed by atoms with Crippen LogP contribution in [0, 0.1) is 5.92 Å². The van der Waals surface area contributed by atoms with Crippen molar-refractivity contribution in [3.8, 4) is 0 Å². The van der Waals surface area contributed by atoms with Gasteiger partial charge in [0.15, 0.2) is 5.82 Å². The van der Waals surface area contributed by atoms with Gasteiger partial charge in [0.1, 0.15) is 0 Å². The smallest absolute Gasteiger partial charge is 0.226 e. The fourth-order valence-electron chi connectivity index (χ4n) is 1.30. The molecule has 0 aromatic carbocycles. The highest BCUT2D eigenvalue weighted by Gasteiger charge is 2.28. The van der Waals surface area contributed by atoms with Gasteiger partial charge in [-0.25, -0.2) is 0 Å². The van der Waals surface area contributed by atoms with Crippen LogP contribution >= 0.6 is 0 Å². The molecule has 1 atom stereocenters. The van der Waals surface area contributed by atoms with E-state index in [9.17, 15) is 0 Å². The van der Waals surface area contributed by atoms with E-state index in [4.69, 9.17) is 10.3 Å². The molecule has 0 bridgehead atoms. The van der Waals surface area contributed by atoms with Crippen molar-refractivity contribution in [1.82, 2.24) is 10.1 Å². The minimum Gasteiger partial charge on any atom is -0.339 e. The minimum atomic E-state index is -0.453. The maximum absolute atomic E-state index is 6.01. The molecule has 14 heavy (non-hydrogen) atoms. The molecular weight excluding hydrogens is 178 g/mol. The summed E-state index contributed by atoms with van der Waals surface area (Å²) in [5.41, 5.74) is 5.56. The molecule has 1 aromatic heterocycles. The molecule has 0 spiro atoms. The van der Waals surface area contributed by atoms with E-state index in [-0.39, 0.29) is 0 Å². The predicted molar refractivity (Wildman–Crippen MR) is 52.6 cm³/mol. The minimum absolute atomic E-state index is 0.453. The van der Waals surface area contributed by atoms with Gasteiger partial charge in [-0.3, -0.25) is 0 Å². The maximum atomic E-state index is 6.01. The molecule has 1 aliphatic rings. The summed E-state index contributed by atoms with van der Waals surface area (Å²) in [6.07, 6.45) is 4.33. The van der Waals surface area contributed by atoms with Gasteiger partial charge in [0.05, 0.1) is 5.54 Å². The van der Waals surface area contributed by atoms with Crippen LogP contribution in [0.2, 0.25) is 0 Å². The monoisotopic (exact) mass is 195 g/mol. The third kappa shape index (κ3) is 1.95. The molecule has 2 rings (SSSR count). The summed E-state index contributed by atoms with van der Waals surface area (Å²) in [5.74, 6) is 2.15. The van der Waals surface area contributed by atoms with E-state index in [0.717, 1.165) is 24.7 Å². The van der Waals surface area contributed by atoms with Crippen LogP contribution in [-0.2, 0) is 12.0 Å². The summed E-state index contributed by atoms with van der Waals surface area (Å²) < 4.78 is 5.16. The second-order valence-electron chi connectivity index (χ2n) is 4.43. The van der Waals surface area contributed by atoms with Crippen molar-refractivity contribution in [2.75, 3.05) is 0 Å². The Hall–Kier alpha value is -0.900. The standard InChI is InChI=1S/C10H17N3O/c1-3-10(2,11)9-12-8(14-13-9)6-7-4-5-7/h7H,3-6,11H2,1-2H3. The van der Waals surface area contributed by atoms with Gasteiger partial charge in [-0.05, 0) is 32.1 Å². The highest BCUT2D eigenvalue weighted by atomic mass is 16.5. The molecule has 0 aliphatic heterocycles. The average Bonchev–Trinajstić information content (AvgIpc) is 2.81. The molecule has 0 saturated heterocycles. The second kappa shape index (κ2) is 3.35. The topological polar surface area (TPSA) is 64.9 Å². The summed E-state index contributed by atoms with van der Waals surface area (Å²) in [4.78, 5) is 4.33. The number of hydrogen-bond donors (Lipinski definition) is 1. The Balaban J connectivity index is 2.07. The molecule has 1 heterocycles. The van der Waals surface area contributed by atoms with Gasteiger partial charge in [-0.1, -0.05) is 12.1 Å². The second-order valence-corrected chi connectivity index (χ2v) is 4.43. The molecule has 0 amide bonds. The van der Waals surface area contributed by atoms with Crippen molar-refractivity contribution >= 4 is 0 Å². The van der Waals surface area contributed by atoms with Crippen LogP contribution in [0.1, 0.15) is 44.8 Å². The SMILES string of the molecule is CCC(C)(N)c1noc(CC2CC2)n1. The first kappa shape index (κ1) is 9.65. The van der Waals surface area contributed by atoms with E-state index >= 15 is 0 Å². The molecule has 1 fully saturated rings. The largest absolute Gasteiger partial charge is 0.339 e. The number of nitrogens with two attached hydrogens (primary N) is 1. The van der Waals surface area contributed by atoms with E-state index in [1.54, 1.807) is 0 Å². The predicted octanol–water partition coefficient (Wildman–Crippen LogP) is 1.61. The molecule has 2 N–H and O–H groups in total. The fraction of sp³-hybridized carbons (Fsp3) is 0.800. The molecule has 1 unspecified atom stereocenters. The van der Waals surface area contributed by atoms with Crippen LogP contribution in [0.15, 0.2) is 4.52 Å². The summed E-state index contributed by atoms with van der Waals surface area (Å²) in [5, 5.41) is 3.93. The van der Waals surface area contributed by atoms with E-state index in [0.29, 0.717) is 5.82 Å². The lowest BCUT2D eigenvalue weighted by molar-refractivity contribution is 0.348. The van der Waals surface area contributed by atoms with Gasteiger partial charge in [0.25, 0.3) is 0 Å². The van der Waals surface area contributed by atoms with Crippen molar-refractivity contribution in [2.45, 2.75) is 45.1 Å². The zero-order valence-corrected chi connectivity index (χ0v) is 8.79. The van der Waals surface area contributed by atoms with E-state index in [2.05, 4.69) is 10.1 Å². The van der Waals surface area contributed by atoms with Gasteiger partial charge in [-0.2, -0.15) is 4.98 Å². The molecule has 4 nitrogen and oxygen atoms in total. The zero-order chi connectivity index (χ0) is 10.2. The zero-order valence-electron chi connectivity index (χ0n) is 8.79. The number of hydrogen-bond acceptors (Lipinski definition) is 4. The van der Waals surface area contributed by atoms with Gasteiger partial charge in [-0.15, -0.1) is 0 Å². The molecule has 1 aromatic rings. The Bertz CT molecular complexity index is 315. The molecular formula is C10H17N3O. The van der Waals surface area contributed by atoms with Crippen molar-refractivity contribution in [1.29, 1.82) is 0 Å². The van der Waals surface area contributed by atoms with E-state index in [1.165, 1.54) is 12.8 Å². The quantitative estimate of drug-likeness (QED) is 0.792. The molecule has 1 saturated carbocycles. The average molecular weight is 195 g/mol. The fourth-order valence-corrected chi connectivity index (χ4v) is 1.30.